The maximum atomic E-state index is 9.49. The lowest BCUT2D eigenvalue weighted by molar-refractivity contribution is 0.328. The molecule has 0 saturated carbocycles. The number of aromatic hydroxyl groups is 1. The van der Waals surface area contributed by atoms with Gasteiger partial charge < -0.3 is 9.84 Å². The molecule has 0 heterocycles. The van der Waals surface area contributed by atoms with Crippen molar-refractivity contribution < 1.29 is 9.84 Å². The number of fused-ring (bicyclic) bond motifs is 1. The number of hydrogen-bond donors (Lipinski definition) is 1. The van der Waals surface area contributed by atoms with Crippen LogP contribution in [0.1, 0.15) is 69.7 Å². The predicted molar refractivity (Wildman–Crippen MR) is 110 cm³/mol. The molecule has 0 bridgehead atoms. The summed E-state index contributed by atoms with van der Waals surface area (Å²) >= 11 is 0. The second-order valence-corrected chi connectivity index (χ2v) is 8.78. The van der Waals surface area contributed by atoms with Gasteiger partial charge in [0.05, 0.1) is 7.11 Å². The van der Waals surface area contributed by atoms with Crippen LogP contribution in [0.2, 0.25) is 0 Å². The lowest BCUT2D eigenvalue weighted by Crippen LogP contribution is -2.34. The number of ether oxygens (including phenoxy) is 1. The number of phenolic OH excluding ortho intramolecular Hbond substituents is 1. The summed E-state index contributed by atoms with van der Waals surface area (Å²) in [5, 5.41) is 9.49. The number of allylic oxidation sites excluding steroid dienone is 1. The van der Waals surface area contributed by atoms with Gasteiger partial charge >= 0.3 is 0 Å². The van der Waals surface area contributed by atoms with Crippen LogP contribution in [0.3, 0.4) is 0 Å². The van der Waals surface area contributed by atoms with E-state index in [1.807, 2.05) is 12.1 Å². The molecular weight excluding hydrogens is 320 g/mol. The highest BCUT2D eigenvalue weighted by Crippen LogP contribution is 2.48. The maximum absolute atomic E-state index is 9.49. The van der Waals surface area contributed by atoms with Crippen molar-refractivity contribution in [3.63, 3.8) is 0 Å². The van der Waals surface area contributed by atoms with Gasteiger partial charge in [0.1, 0.15) is 11.5 Å². The first-order valence-electron chi connectivity index (χ1n) is 9.35. The number of methoxy groups -OCH3 is 1. The Morgan fingerprint density at radius 3 is 2.04 bits per heavy atom. The molecule has 0 aliphatic heterocycles. The second-order valence-electron chi connectivity index (χ2n) is 8.78. The van der Waals surface area contributed by atoms with E-state index >= 15 is 0 Å². The Hall–Kier alpha value is -2.22. The third kappa shape index (κ3) is 3.38. The largest absolute Gasteiger partial charge is 0.508 e. The Labute approximate surface area is 157 Å². The molecule has 0 spiro atoms. The van der Waals surface area contributed by atoms with Crippen LogP contribution in [0.25, 0.3) is 11.6 Å². The van der Waals surface area contributed by atoms with Crippen molar-refractivity contribution in [2.75, 3.05) is 7.11 Å². The Kier molecular flexibility index (Phi) is 4.64. The first-order chi connectivity index (χ1) is 12.1. The van der Waals surface area contributed by atoms with Crippen molar-refractivity contribution in [2.24, 2.45) is 0 Å². The van der Waals surface area contributed by atoms with Crippen molar-refractivity contribution in [2.45, 2.75) is 58.3 Å². The van der Waals surface area contributed by atoms with Gasteiger partial charge in [-0.05, 0) is 77.1 Å². The van der Waals surface area contributed by atoms with Gasteiger partial charge in [-0.25, -0.2) is 0 Å². The second kappa shape index (κ2) is 6.50. The van der Waals surface area contributed by atoms with Crippen LogP contribution < -0.4 is 4.74 Å². The average Bonchev–Trinajstić information content (AvgIpc) is 2.60. The van der Waals surface area contributed by atoms with Crippen LogP contribution >= 0.6 is 0 Å². The minimum absolute atomic E-state index is 0.171. The molecule has 3 rings (SSSR count). The zero-order valence-electron chi connectivity index (χ0n) is 16.8. The molecule has 138 valence electrons. The van der Waals surface area contributed by atoms with Gasteiger partial charge in [0.15, 0.2) is 0 Å². The molecule has 2 aromatic rings. The molecule has 2 heteroatoms. The van der Waals surface area contributed by atoms with Crippen molar-refractivity contribution in [3.05, 3.63) is 58.7 Å². The lowest BCUT2D eigenvalue weighted by Gasteiger charge is -2.42. The fourth-order valence-electron chi connectivity index (χ4n) is 3.97. The molecule has 26 heavy (non-hydrogen) atoms. The van der Waals surface area contributed by atoms with E-state index < -0.39 is 0 Å². The Bertz CT molecular complexity index is 839. The monoisotopic (exact) mass is 350 g/mol. The molecule has 2 aromatic carbocycles. The molecule has 0 saturated heterocycles. The van der Waals surface area contributed by atoms with E-state index in [0.717, 1.165) is 22.4 Å². The Morgan fingerprint density at radius 1 is 0.962 bits per heavy atom. The Morgan fingerprint density at radius 2 is 1.50 bits per heavy atom. The van der Waals surface area contributed by atoms with Crippen molar-refractivity contribution in [1.82, 2.24) is 0 Å². The van der Waals surface area contributed by atoms with Crippen LogP contribution in [-0.4, -0.2) is 12.2 Å². The summed E-state index contributed by atoms with van der Waals surface area (Å²) in [6.45, 7) is 11.5. The summed E-state index contributed by atoms with van der Waals surface area (Å²) in [7, 11) is 1.75. The van der Waals surface area contributed by atoms with Crippen molar-refractivity contribution in [3.8, 4) is 11.5 Å². The quantitative estimate of drug-likeness (QED) is 0.657. The summed E-state index contributed by atoms with van der Waals surface area (Å²) in [4.78, 5) is 0. The van der Waals surface area contributed by atoms with E-state index in [0.29, 0.717) is 0 Å². The highest BCUT2D eigenvalue weighted by Gasteiger charge is 2.37. The van der Waals surface area contributed by atoms with E-state index in [-0.39, 0.29) is 16.6 Å². The van der Waals surface area contributed by atoms with E-state index in [9.17, 15) is 5.11 Å². The van der Waals surface area contributed by atoms with Crippen LogP contribution in [-0.2, 0) is 10.8 Å². The zero-order chi connectivity index (χ0) is 19.1. The molecular formula is C24H30O2. The van der Waals surface area contributed by atoms with E-state index in [4.69, 9.17) is 4.74 Å². The fraction of sp³-hybridized carbons (Fsp3) is 0.417. The summed E-state index contributed by atoms with van der Waals surface area (Å²) in [6.07, 6.45) is 4.53. The van der Waals surface area contributed by atoms with Crippen LogP contribution in [0, 0.1) is 0 Å². The van der Waals surface area contributed by atoms with Crippen molar-refractivity contribution >= 4 is 11.6 Å². The first-order valence-corrected chi connectivity index (χ1v) is 9.35. The predicted octanol–water partition coefficient (Wildman–Crippen LogP) is 6.31. The van der Waals surface area contributed by atoms with E-state index in [1.54, 1.807) is 19.2 Å². The molecule has 0 amide bonds. The van der Waals surface area contributed by atoms with Gasteiger partial charge in [-0.15, -0.1) is 0 Å². The van der Waals surface area contributed by atoms with Gasteiger partial charge in [-0.1, -0.05) is 45.9 Å². The van der Waals surface area contributed by atoms with E-state index in [1.165, 1.54) is 24.0 Å². The third-order valence-corrected chi connectivity index (χ3v) is 5.87. The van der Waals surface area contributed by atoms with Crippen LogP contribution in [0.5, 0.6) is 11.5 Å². The van der Waals surface area contributed by atoms with Gasteiger partial charge in [0.25, 0.3) is 0 Å². The third-order valence-electron chi connectivity index (χ3n) is 5.87. The number of benzene rings is 2. The van der Waals surface area contributed by atoms with Gasteiger partial charge in [0.2, 0.25) is 0 Å². The maximum Gasteiger partial charge on any atom is 0.126 e. The molecule has 1 aliphatic rings. The molecule has 1 aliphatic carbocycles. The number of rotatable bonds is 3. The molecule has 0 unspecified atom stereocenters. The van der Waals surface area contributed by atoms with E-state index in [2.05, 4.69) is 52.8 Å². The summed E-state index contributed by atoms with van der Waals surface area (Å²) < 4.78 is 5.77. The van der Waals surface area contributed by atoms with Gasteiger partial charge in [0, 0.05) is 5.56 Å². The Balaban J connectivity index is 2.14. The molecule has 0 atom stereocenters. The lowest BCUT2D eigenvalue weighted by atomic mass is 9.62. The summed E-state index contributed by atoms with van der Waals surface area (Å²) in [5.74, 6) is 1.22. The topological polar surface area (TPSA) is 29.5 Å². The SMILES string of the molecule is COc1cc2c(cc1/C(C)=C/c1ccc(O)cc1)C(C)(C)CCC2(C)C. The highest BCUT2D eigenvalue weighted by molar-refractivity contribution is 5.83. The molecule has 1 N–H and O–H groups in total. The minimum atomic E-state index is 0.171. The molecule has 2 nitrogen and oxygen atoms in total. The zero-order valence-corrected chi connectivity index (χ0v) is 16.8. The average molecular weight is 351 g/mol. The smallest absolute Gasteiger partial charge is 0.126 e. The highest BCUT2D eigenvalue weighted by atomic mass is 16.5. The summed E-state index contributed by atoms with van der Waals surface area (Å²) in [6, 6.07) is 11.9. The van der Waals surface area contributed by atoms with Crippen LogP contribution in [0.4, 0.5) is 0 Å². The summed E-state index contributed by atoms with van der Waals surface area (Å²) in [5.41, 5.74) is 6.56. The first kappa shape index (κ1) is 18.6. The van der Waals surface area contributed by atoms with Crippen molar-refractivity contribution in [1.29, 1.82) is 0 Å². The standard InChI is InChI=1S/C24H30O2/c1-16(13-17-7-9-18(25)10-8-17)19-14-20-21(15-22(19)26-6)24(4,5)12-11-23(20,2)3/h7-10,13-15,25H,11-12H2,1-6H3/b16-13+. The number of phenols is 1. The molecule has 0 fully saturated rings. The normalized spacial score (nSPS) is 18.3. The van der Waals surface area contributed by atoms with Gasteiger partial charge in [-0.2, -0.15) is 0 Å². The number of hydrogen-bond acceptors (Lipinski definition) is 2. The fourth-order valence-corrected chi connectivity index (χ4v) is 3.97. The molecule has 0 aromatic heterocycles. The van der Waals surface area contributed by atoms with Gasteiger partial charge in [-0.3, -0.25) is 0 Å². The minimum Gasteiger partial charge on any atom is -0.508 e. The molecule has 0 radical (unpaired) electrons. The van der Waals surface area contributed by atoms with Crippen LogP contribution in [0.15, 0.2) is 36.4 Å².